The van der Waals surface area contributed by atoms with Crippen molar-refractivity contribution < 1.29 is 9.59 Å². The maximum atomic E-state index is 12.3. The Labute approximate surface area is 154 Å². The monoisotopic (exact) mass is 361 g/mol. The fourth-order valence-electron chi connectivity index (χ4n) is 2.35. The fourth-order valence-corrected chi connectivity index (χ4v) is 2.35. The summed E-state index contributed by atoms with van der Waals surface area (Å²) in [6, 6.07) is 14.2. The van der Waals surface area contributed by atoms with Gasteiger partial charge in [0.2, 0.25) is 5.91 Å². The second kappa shape index (κ2) is 9.81. The molecule has 0 fully saturated rings. The molecule has 1 atom stereocenters. The van der Waals surface area contributed by atoms with Crippen LogP contribution in [0.4, 0.5) is 5.69 Å². The molecule has 2 amide bonds. The van der Waals surface area contributed by atoms with Crippen LogP contribution in [0.2, 0.25) is 0 Å². The summed E-state index contributed by atoms with van der Waals surface area (Å²) in [6.07, 6.45) is 0.460. The quantitative estimate of drug-likeness (QED) is 0.739. The molecule has 0 aliphatic rings. The largest absolute Gasteiger partial charge is 0.352 e. The van der Waals surface area contributed by atoms with E-state index in [1.807, 2.05) is 50.2 Å². The molecule has 0 unspecified atom stereocenters. The van der Waals surface area contributed by atoms with Gasteiger partial charge < -0.3 is 16.4 Å². The lowest BCUT2D eigenvalue weighted by molar-refractivity contribution is -0.117. The molecule has 134 valence electrons. The van der Waals surface area contributed by atoms with Crippen molar-refractivity contribution in [1.29, 1.82) is 0 Å². The van der Waals surface area contributed by atoms with Crippen LogP contribution in [-0.2, 0) is 11.2 Å². The number of anilines is 1. The standard InChI is InChI=1S/C19H23N3O2.ClH/c1-3-21-18(23)15-10-9-13(2)17(12-15)22-19(24)16(20)11-14-7-5-4-6-8-14;/h4-10,12,16H,3,11,20H2,1-2H3,(H,21,23)(H,22,24);1H/t16-;/m0./s1. The Hall–Kier alpha value is -2.37. The van der Waals surface area contributed by atoms with Gasteiger partial charge in [-0.2, -0.15) is 0 Å². The Morgan fingerprint density at radius 1 is 1.12 bits per heavy atom. The zero-order valence-corrected chi connectivity index (χ0v) is 15.2. The fraction of sp³-hybridized carbons (Fsp3) is 0.263. The topological polar surface area (TPSA) is 84.2 Å². The van der Waals surface area contributed by atoms with Gasteiger partial charge >= 0.3 is 0 Å². The van der Waals surface area contributed by atoms with E-state index in [1.54, 1.807) is 12.1 Å². The predicted molar refractivity (Wildman–Crippen MR) is 103 cm³/mol. The number of halogens is 1. The Morgan fingerprint density at radius 3 is 2.44 bits per heavy atom. The first-order valence-corrected chi connectivity index (χ1v) is 8.00. The van der Waals surface area contributed by atoms with Crippen molar-refractivity contribution in [3.63, 3.8) is 0 Å². The maximum Gasteiger partial charge on any atom is 0.251 e. The third kappa shape index (κ3) is 5.89. The molecule has 0 saturated heterocycles. The number of amides is 2. The second-order valence-corrected chi connectivity index (χ2v) is 5.67. The molecule has 25 heavy (non-hydrogen) atoms. The van der Waals surface area contributed by atoms with E-state index in [-0.39, 0.29) is 24.2 Å². The van der Waals surface area contributed by atoms with Crippen molar-refractivity contribution >= 4 is 29.9 Å². The highest BCUT2D eigenvalue weighted by Gasteiger charge is 2.16. The van der Waals surface area contributed by atoms with E-state index in [0.717, 1.165) is 11.1 Å². The average Bonchev–Trinajstić information content (AvgIpc) is 2.57. The molecule has 6 heteroatoms. The third-order valence-corrected chi connectivity index (χ3v) is 3.73. The van der Waals surface area contributed by atoms with Gasteiger partial charge in [0, 0.05) is 17.8 Å². The van der Waals surface area contributed by atoms with Crippen LogP contribution in [0.3, 0.4) is 0 Å². The molecule has 5 nitrogen and oxygen atoms in total. The highest BCUT2D eigenvalue weighted by Crippen LogP contribution is 2.17. The predicted octanol–water partition coefficient (Wildman–Crippen LogP) is 2.68. The van der Waals surface area contributed by atoms with Crippen LogP contribution in [0.5, 0.6) is 0 Å². The molecule has 0 bridgehead atoms. The summed E-state index contributed by atoms with van der Waals surface area (Å²) < 4.78 is 0. The number of benzene rings is 2. The van der Waals surface area contributed by atoms with Crippen LogP contribution >= 0.6 is 12.4 Å². The van der Waals surface area contributed by atoms with Crippen LogP contribution in [0.1, 0.15) is 28.4 Å². The van der Waals surface area contributed by atoms with Crippen LogP contribution < -0.4 is 16.4 Å². The lowest BCUT2D eigenvalue weighted by Gasteiger charge is -2.15. The number of nitrogens with one attached hydrogen (secondary N) is 2. The summed E-state index contributed by atoms with van der Waals surface area (Å²) in [7, 11) is 0. The van der Waals surface area contributed by atoms with Crippen molar-refractivity contribution in [3.05, 3.63) is 65.2 Å². The number of rotatable bonds is 6. The Bertz CT molecular complexity index is 720. The van der Waals surface area contributed by atoms with Gasteiger partial charge in [0.1, 0.15) is 0 Å². The number of aryl methyl sites for hydroxylation is 1. The van der Waals surface area contributed by atoms with Crippen molar-refractivity contribution in [3.8, 4) is 0 Å². The summed E-state index contributed by atoms with van der Waals surface area (Å²) in [5.74, 6) is -0.434. The smallest absolute Gasteiger partial charge is 0.251 e. The van der Waals surface area contributed by atoms with E-state index in [9.17, 15) is 9.59 Å². The second-order valence-electron chi connectivity index (χ2n) is 5.67. The van der Waals surface area contributed by atoms with E-state index < -0.39 is 6.04 Å². The van der Waals surface area contributed by atoms with Crippen LogP contribution in [0, 0.1) is 6.92 Å². The molecule has 4 N–H and O–H groups in total. The molecule has 2 aromatic carbocycles. The van der Waals surface area contributed by atoms with E-state index in [2.05, 4.69) is 10.6 Å². The minimum Gasteiger partial charge on any atom is -0.352 e. The normalized spacial score (nSPS) is 11.2. The lowest BCUT2D eigenvalue weighted by atomic mass is 10.1. The SMILES string of the molecule is CCNC(=O)c1ccc(C)c(NC(=O)[C@@H](N)Cc2ccccc2)c1.Cl. The highest BCUT2D eigenvalue weighted by molar-refractivity contribution is 5.99. The van der Waals surface area contributed by atoms with Gasteiger partial charge in [-0.3, -0.25) is 9.59 Å². The first-order chi connectivity index (χ1) is 11.5. The Morgan fingerprint density at radius 2 is 1.80 bits per heavy atom. The van der Waals surface area contributed by atoms with Crippen molar-refractivity contribution in [1.82, 2.24) is 5.32 Å². The molecule has 0 aliphatic heterocycles. The molecular formula is C19H24ClN3O2. The van der Waals surface area contributed by atoms with Gasteiger partial charge in [-0.15, -0.1) is 12.4 Å². The molecule has 0 radical (unpaired) electrons. The van der Waals surface area contributed by atoms with Gasteiger partial charge in [-0.1, -0.05) is 36.4 Å². The summed E-state index contributed by atoms with van der Waals surface area (Å²) in [6.45, 7) is 4.29. The lowest BCUT2D eigenvalue weighted by Crippen LogP contribution is -2.37. The highest BCUT2D eigenvalue weighted by atomic mass is 35.5. The van der Waals surface area contributed by atoms with Gasteiger partial charge in [0.05, 0.1) is 6.04 Å². The molecule has 0 heterocycles. The molecule has 2 rings (SSSR count). The van der Waals surface area contributed by atoms with Gasteiger partial charge in [-0.25, -0.2) is 0 Å². The summed E-state index contributed by atoms with van der Waals surface area (Å²) >= 11 is 0. The van der Waals surface area contributed by atoms with E-state index in [0.29, 0.717) is 24.2 Å². The van der Waals surface area contributed by atoms with Gasteiger partial charge in [0.25, 0.3) is 5.91 Å². The van der Waals surface area contributed by atoms with Crippen molar-refractivity contribution in [2.45, 2.75) is 26.3 Å². The van der Waals surface area contributed by atoms with Gasteiger partial charge in [0.15, 0.2) is 0 Å². The number of hydrogen-bond donors (Lipinski definition) is 3. The maximum absolute atomic E-state index is 12.3. The Kier molecular flexibility index (Phi) is 8.11. The Balaban J connectivity index is 0.00000312. The number of nitrogens with two attached hydrogens (primary N) is 1. The van der Waals surface area contributed by atoms with Crippen molar-refractivity contribution in [2.75, 3.05) is 11.9 Å². The van der Waals surface area contributed by atoms with Crippen LogP contribution in [0.25, 0.3) is 0 Å². The summed E-state index contributed by atoms with van der Waals surface area (Å²) in [5, 5.41) is 5.56. The third-order valence-electron chi connectivity index (χ3n) is 3.73. The van der Waals surface area contributed by atoms with E-state index >= 15 is 0 Å². The zero-order valence-electron chi connectivity index (χ0n) is 14.4. The minimum absolute atomic E-state index is 0. The van der Waals surface area contributed by atoms with E-state index in [1.165, 1.54) is 0 Å². The number of carbonyl (C=O) groups excluding carboxylic acids is 2. The van der Waals surface area contributed by atoms with E-state index in [4.69, 9.17) is 5.73 Å². The average molecular weight is 362 g/mol. The first kappa shape index (κ1) is 20.7. The van der Waals surface area contributed by atoms with Crippen LogP contribution in [-0.4, -0.2) is 24.4 Å². The molecule has 2 aromatic rings. The number of hydrogen-bond acceptors (Lipinski definition) is 3. The van der Waals surface area contributed by atoms with Crippen molar-refractivity contribution in [2.24, 2.45) is 5.73 Å². The van der Waals surface area contributed by atoms with Gasteiger partial charge in [-0.05, 0) is 43.5 Å². The molecule has 0 spiro atoms. The number of carbonyl (C=O) groups is 2. The molecule has 0 aromatic heterocycles. The van der Waals surface area contributed by atoms with Crippen LogP contribution in [0.15, 0.2) is 48.5 Å². The summed E-state index contributed by atoms with van der Waals surface area (Å²) in [5.41, 5.74) is 9.00. The zero-order chi connectivity index (χ0) is 17.5. The molecule has 0 saturated carbocycles. The first-order valence-electron chi connectivity index (χ1n) is 8.00. The minimum atomic E-state index is -0.653. The summed E-state index contributed by atoms with van der Waals surface area (Å²) in [4.78, 5) is 24.3. The molecule has 0 aliphatic carbocycles. The molecular weight excluding hydrogens is 338 g/mol.